The van der Waals surface area contributed by atoms with Crippen molar-refractivity contribution in [2.45, 2.75) is 55.7 Å². The summed E-state index contributed by atoms with van der Waals surface area (Å²) in [5.74, 6) is 0.0355. The fourth-order valence-corrected chi connectivity index (χ4v) is 5.01. The van der Waals surface area contributed by atoms with Gasteiger partial charge in [0, 0.05) is 23.9 Å². The predicted octanol–water partition coefficient (Wildman–Crippen LogP) is 3.58. The van der Waals surface area contributed by atoms with Crippen LogP contribution in [0.1, 0.15) is 37.0 Å². The lowest BCUT2D eigenvalue weighted by molar-refractivity contribution is -0.147. The first kappa shape index (κ1) is 17.8. The number of nitrogens with zero attached hydrogens (tertiary/aromatic N) is 6. The summed E-state index contributed by atoms with van der Waals surface area (Å²) >= 11 is 7.79. The molecule has 2 aromatic heterocycles. The van der Waals surface area contributed by atoms with Gasteiger partial charge in [0.1, 0.15) is 10.8 Å². The molecule has 0 N–H and O–H groups in total. The third-order valence-electron chi connectivity index (χ3n) is 4.55. The van der Waals surface area contributed by atoms with E-state index in [0.29, 0.717) is 17.6 Å². The van der Waals surface area contributed by atoms with Crippen molar-refractivity contribution in [3.8, 4) is 0 Å². The molecule has 1 unspecified atom stereocenters. The molecule has 26 heavy (non-hydrogen) atoms. The van der Waals surface area contributed by atoms with Gasteiger partial charge in [0.05, 0.1) is 6.54 Å². The highest BCUT2D eigenvalue weighted by molar-refractivity contribution is 8.00. The molecule has 140 valence electrons. The van der Waals surface area contributed by atoms with Crippen LogP contribution in [0.3, 0.4) is 0 Å². The highest BCUT2D eigenvalue weighted by Crippen LogP contribution is 2.42. The summed E-state index contributed by atoms with van der Waals surface area (Å²) < 4.78 is 40.1. The maximum absolute atomic E-state index is 13.0. The van der Waals surface area contributed by atoms with Gasteiger partial charge in [-0.15, -0.1) is 22.0 Å². The van der Waals surface area contributed by atoms with E-state index < -0.39 is 12.0 Å². The van der Waals surface area contributed by atoms with Crippen LogP contribution in [0.2, 0.25) is 5.28 Å². The van der Waals surface area contributed by atoms with Crippen LogP contribution < -0.4 is 4.90 Å². The number of halogens is 4. The number of rotatable bonds is 3. The van der Waals surface area contributed by atoms with E-state index in [-0.39, 0.29) is 24.2 Å². The summed E-state index contributed by atoms with van der Waals surface area (Å²) in [6.07, 6.45) is -1.51. The number of fused-ring (bicyclic) bond motifs is 2. The Morgan fingerprint density at radius 3 is 2.77 bits per heavy atom. The smallest absolute Gasteiger partial charge is 0.347 e. The van der Waals surface area contributed by atoms with Gasteiger partial charge in [-0.3, -0.25) is 0 Å². The first-order chi connectivity index (χ1) is 12.4. The molecule has 0 amide bonds. The topological polar surface area (TPSA) is 59.7 Å². The summed E-state index contributed by atoms with van der Waals surface area (Å²) in [4.78, 5) is 10.6. The minimum Gasteiger partial charge on any atom is -0.347 e. The highest BCUT2D eigenvalue weighted by atomic mass is 35.5. The van der Waals surface area contributed by atoms with Crippen molar-refractivity contribution in [3.05, 3.63) is 22.5 Å². The summed E-state index contributed by atoms with van der Waals surface area (Å²) in [7, 11) is 0. The van der Waals surface area contributed by atoms with Crippen molar-refractivity contribution in [2.75, 3.05) is 11.4 Å². The van der Waals surface area contributed by atoms with Crippen molar-refractivity contribution in [3.63, 3.8) is 0 Å². The molecule has 6 nitrogen and oxygen atoms in total. The van der Waals surface area contributed by atoms with E-state index in [9.17, 15) is 13.2 Å². The Morgan fingerprint density at radius 1 is 1.23 bits per heavy atom. The Balaban J connectivity index is 1.64. The number of alkyl halides is 3. The quantitative estimate of drug-likeness (QED) is 0.575. The second-order valence-electron chi connectivity index (χ2n) is 6.34. The maximum Gasteiger partial charge on any atom is 0.451 e. The predicted molar refractivity (Wildman–Crippen MR) is 91.4 cm³/mol. The number of thioether (sulfide) groups is 1. The molecule has 0 bridgehead atoms. The van der Waals surface area contributed by atoms with E-state index in [2.05, 4.69) is 27.1 Å². The molecule has 2 aliphatic rings. The van der Waals surface area contributed by atoms with Crippen LogP contribution in [0.15, 0.2) is 5.03 Å². The second-order valence-corrected chi connectivity index (χ2v) is 7.97. The molecule has 11 heteroatoms. The first-order valence-electron chi connectivity index (χ1n) is 8.34. The zero-order chi connectivity index (χ0) is 18.5. The largest absolute Gasteiger partial charge is 0.451 e. The number of hydrogen-bond acceptors (Lipinski definition) is 6. The van der Waals surface area contributed by atoms with Gasteiger partial charge in [-0.2, -0.15) is 13.2 Å². The van der Waals surface area contributed by atoms with E-state index >= 15 is 0 Å². The third kappa shape index (κ3) is 3.13. The zero-order valence-electron chi connectivity index (χ0n) is 13.9. The summed E-state index contributed by atoms with van der Waals surface area (Å²) in [6, 6.07) is 0. The number of hydrogen-bond donors (Lipinski definition) is 0. The van der Waals surface area contributed by atoms with Crippen LogP contribution in [-0.2, 0) is 25.7 Å². The van der Waals surface area contributed by atoms with E-state index in [4.69, 9.17) is 11.6 Å². The normalized spacial score (nSPS) is 19.6. The van der Waals surface area contributed by atoms with Crippen LogP contribution in [-0.4, -0.2) is 36.5 Å². The van der Waals surface area contributed by atoms with Gasteiger partial charge >= 0.3 is 6.18 Å². The average Bonchev–Trinajstić information content (AvgIpc) is 3.16. The van der Waals surface area contributed by atoms with Gasteiger partial charge in [0.2, 0.25) is 11.1 Å². The molecule has 1 atom stereocenters. The van der Waals surface area contributed by atoms with Gasteiger partial charge in [-0.1, -0.05) is 13.3 Å². The van der Waals surface area contributed by atoms with Gasteiger partial charge in [-0.05, 0) is 24.4 Å². The minimum atomic E-state index is -4.50. The van der Waals surface area contributed by atoms with Crippen LogP contribution in [0.4, 0.5) is 19.0 Å². The van der Waals surface area contributed by atoms with Crippen LogP contribution in [0.5, 0.6) is 0 Å². The van der Waals surface area contributed by atoms with Crippen molar-refractivity contribution < 1.29 is 13.2 Å². The molecule has 0 saturated carbocycles. The molecule has 2 aliphatic heterocycles. The molecular weight excluding hydrogens is 389 g/mol. The van der Waals surface area contributed by atoms with E-state index in [1.165, 1.54) is 0 Å². The van der Waals surface area contributed by atoms with E-state index in [0.717, 1.165) is 34.4 Å². The third-order valence-corrected chi connectivity index (χ3v) is 6.01. The van der Waals surface area contributed by atoms with E-state index in [1.807, 2.05) is 4.90 Å². The molecule has 0 radical (unpaired) electrons. The molecule has 4 rings (SSSR count). The lowest BCUT2D eigenvalue weighted by Crippen LogP contribution is -2.36. The SMILES string of the molecule is CCCC1Cc2c(nc(Cl)nc2N2CCn3c(nnc3C(F)(F)F)C2)S1. The van der Waals surface area contributed by atoms with Gasteiger partial charge in [-0.25, -0.2) is 9.97 Å². The minimum absolute atomic E-state index is 0.152. The molecular formula is C15H16ClF3N6S. The first-order valence-corrected chi connectivity index (χ1v) is 9.60. The van der Waals surface area contributed by atoms with E-state index in [1.54, 1.807) is 11.8 Å². The highest BCUT2D eigenvalue weighted by Gasteiger charge is 2.40. The summed E-state index contributed by atoms with van der Waals surface area (Å²) in [5.41, 5.74) is 1.03. The van der Waals surface area contributed by atoms with Crippen LogP contribution >= 0.6 is 23.4 Å². The van der Waals surface area contributed by atoms with Crippen molar-refractivity contribution in [1.82, 2.24) is 24.7 Å². The fraction of sp³-hybridized carbons (Fsp3) is 0.600. The lowest BCUT2D eigenvalue weighted by atomic mass is 10.1. The molecule has 2 aromatic rings. The Labute approximate surface area is 157 Å². The Morgan fingerprint density at radius 2 is 2.04 bits per heavy atom. The van der Waals surface area contributed by atoms with Gasteiger partial charge < -0.3 is 9.47 Å². The standard InChI is InChI=1S/C15H16ClF3N6S/c1-2-3-8-6-9-11(20-14(16)21-12(9)26-8)24-4-5-25-10(7-24)22-23-13(25)15(17,18)19/h8H,2-7H2,1H3. The van der Waals surface area contributed by atoms with Crippen molar-refractivity contribution in [2.24, 2.45) is 0 Å². The monoisotopic (exact) mass is 404 g/mol. The zero-order valence-corrected chi connectivity index (χ0v) is 15.5. The molecule has 0 fully saturated rings. The van der Waals surface area contributed by atoms with Gasteiger partial charge in [0.25, 0.3) is 0 Å². The molecule has 0 aliphatic carbocycles. The molecule has 0 spiro atoms. The van der Waals surface area contributed by atoms with Crippen molar-refractivity contribution in [1.29, 1.82) is 0 Å². The maximum atomic E-state index is 13.0. The second kappa shape index (κ2) is 6.56. The molecule has 0 aromatic carbocycles. The molecule has 0 saturated heterocycles. The number of aromatic nitrogens is 5. The summed E-state index contributed by atoms with van der Waals surface area (Å²) in [6.45, 7) is 2.89. The van der Waals surface area contributed by atoms with Crippen molar-refractivity contribution >= 4 is 29.2 Å². The fourth-order valence-electron chi connectivity index (χ4n) is 3.42. The number of anilines is 1. The lowest BCUT2D eigenvalue weighted by Gasteiger charge is -2.30. The summed E-state index contributed by atoms with van der Waals surface area (Å²) in [5, 5.41) is 8.52. The van der Waals surface area contributed by atoms with Crippen LogP contribution in [0.25, 0.3) is 0 Å². The van der Waals surface area contributed by atoms with Gasteiger partial charge in [0.15, 0.2) is 5.82 Å². The average molecular weight is 405 g/mol. The van der Waals surface area contributed by atoms with Crippen LogP contribution in [0, 0.1) is 0 Å². The molecule has 4 heterocycles. The Kier molecular flexibility index (Phi) is 4.50. The Bertz CT molecular complexity index is 840. The Hall–Kier alpha value is -1.55.